The van der Waals surface area contributed by atoms with Crippen molar-refractivity contribution in [1.82, 2.24) is 0 Å². The first-order valence-corrected chi connectivity index (χ1v) is 41.6. The zero-order valence-electron chi connectivity index (χ0n) is 64.3. The molecule has 0 aliphatic carbocycles. The van der Waals surface area contributed by atoms with Gasteiger partial charge >= 0.3 is 17.9 Å². The molecule has 0 rings (SSSR count). The van der Waals surface area contributed by atoms with Gasteiger partial charge in [0.05, 0.1) is 34.4 Å². The van der Waals surface area contributed by atoms with Crippen LogP contribution >= 0.6 is 0 Å². The fourth-order valence-corrected chi connectivity index (χ4v) is 12.4. The van der Waals surface area contributed by atoms with Crippen LogP contribution in [0.1, 0.15) is 406 Å². The number of carboxylic acid groups (broad SMARTS) is 1. The summed E-state index contributed by atoms with van der Waals surface area (Å²) < 4.78 is 23.1. The third-order valence-corrected chi connectivity index (χ3v) is 18.7. The second-order valence-electron chi connectivity index (χ2n) is 29.4. The molecule has 0 fully saturated rings. The van der Waals surface area contributed by atoms with Crippen molar-refractivity contribution in [3.8, 4) is 0 Å². The lowest BCUT2D eigenvalue weighted by Gasteiger charge is -2.25. The van der Waals surface area contributed by atoms with E-state index in [9.17, 15) is 19.5 Å². The molecule has 2 atom stereocenters. The number of carbonyl (C=O) groups excluding carboxylic acids is 2. The zero-order valence-corrected chi connectivity index (χ0v) is 64.3. The van der Waals surface area contributed by atoms with Crippen LogP contribution in [-0.4, -0.2) is 87.4 Å². The first kappa shape index (κ1) is 92.7. The molecule has 0 aliphatic heterocycles. The maximum absolute atomic E-state index is 13.0. The largest absolute Gasteiger partial charge is 0.477 e. The first-order chi connectivity index (χ1) is 47.1. The number of nitrogens with zero attached hydrogens (tertiary/aromatic N) is 1. The smallest absolute Gasteiger partial charge is 0.361 e. The molecule has 0 heterocycles. The number of ether oxygens (including phenoxy) is 4. The molecule has 0 aromatic rings. The van der Waals surface area contributed by atoms with E-state index in [1.165, 1.54) is 295 Å². The van der Waals surface area contributed by atoms with Crippen LogP contribution in [0.5, 0.6) is 0 Å². The van der Waals surface area contributed by atoms with E-state index in [2.05, 4.69) is 86.8 Å². The standard InChI is InChI=1S/C87H159NO8/c1-6-8-10-12-14-16-18-20-22-24-26-28-30-32-34-36-38-39-40-41-42-43-44-45-46-48-49-51-53-55-57-59-61-63-65-67-69-71-73-75-77-84(89)94-81-83(82-95-87(86(91)92)93-80-79-88(3,4)5)96-85(90)78-76-74-72-70-68-66-64-62-60-58-56-54-52-50-47-37-35-33-31-29-27-25-23-21-19-17-15-13-11-9-7-2/h9,11,15,17,21,23,27,29,33,35,47,50,83,87H,6-8,10,12-14,16,18-20,22,24-26,28,30-32,34,36-46,48-49,51-82H2,1-5H3/p+1/b11-9-,17-15-,23-21-,29-27-,35-33-,50-47-. The van der Waals surface area contributed by atoms with Gasteiger partial charge in [0, 0.05) is 12.8 Å². The van der Waals surface area contributed by atoms with Crippen molar-refractivity contribution in [2.45, 2.75) is 418 Å². The van der Waals surface area contributed by atoms with Crippen LogP contribution in [0, 0.1) is 0 Å². The molecule has 9 nitrogen and oxygen atoms in total. The molecule has 0 spiro atoms. The van der Waals surface area contributed by atoms with Gasteiger partial charge in [0.25, 0.3) is 6.29 Å². The van der Waals surface area contributed by atoms with E-state index < -0.39 is 24.3 Å². The highest BCUT2D eigenvalue weighted by Crippen LogP contribution is 2.20. The van der Waals surface area contributed by atoms with Crippen LogP contribution in [0.2, 0.25) is 0 Å². The minimum atomic E-state index is -1.51. The second kappa shape index (κ2) is 77.5. The van der Waals surface area contributed by atoms with Crippen molar-refractivity contribution < 1.29 is 42.9 Å². The van der Waals surface area contributed by atoms with Crippen LogP contribution in [-0.2, 0) is 33.3 Å². The molecule has 0 saturated carbocycles. The molecule has 96 heavy (non-hydrogen) atoms. The maximum Gasteiger partial charge on any atom is 0.361 e. The third-order valence-electron chi connectivity index (χ3n) is 18.7. The van der Waals surface area contributed by atoms with Gasteiger partial charge in [-0.1, -0.05) is 401 Å². The molecule has 0 aromatic carbocycles. The summed E-state index contributed by atoms with van der Waals surface area (Å²) in [7, 11) is 5.99. The summed E-state index contributed by atoms with van der Waals surface area (Å²) >= 11 is 0. The highest BCUT2D eigenvalue weighted by Gasteiger charge is 2.25. The number of esters is 2. The molecule has 2 unspecified atom stereocenters. The highest BCUT2D eigenvalue weighted by atomic mass is 16.7. The van der Waals surface area contributed by atoms with Crippen molar-refractivity contribution >= 4 is 17.9 Å². The van der Waals surface area contributed by atoms with Gasteiger partial charge in [0.15, 0.2) is 6.10 Å². The summed E-state index contributed by atoms with van der Waals surface area (Å²) in [6.45, 7) is 4.82. The monoisotopic (exact) mass is 1350 g/mol. The average Bonchev–Trinajstić information content (AvgIpc) is 2.59. The quantitative estimate of drug-likeness (QED) is 0.0211. The van der Waals surface area contributed by atoms with Gasteiger partial charge in [-0.2, -0.15) is 0 Å². The van der Waals surface area contributed by atoms with Gasteiger partial charge in [0.1, 0.15) is 13.2 Å². The molecular weight excluding hydrogens is 1190 g/mol. The van der Waals surface area contributed by atoms with Crippen LogP contribution in [0.3, 0.4) is 0 Å². The van der Waals surface area contributed by atoms with Gasteiger partial charge in [-0.05, 0) is 64.2 Å². The minimum absolute atomic E-state index is 0.181. The summed E-state index contributed by atoms with van der Waals surface area (Å²) in [5.74, 6) is -1.99. The number of likely N-dealkylation sites (N-methyl/N-ethyl adjacent to an activating group) is 1. The van der Waals surface area contributed by atoms with Crippen LogP contribution in [0.15, 0.2) is 72.9 Å². The normalized spacial score (nSPS) is 13.0. The Labute approximate surface area is 596 Å². The summed E-state index contributed by atoms with van der Waals surface area (Å²) in [5, 5.41) is 9.78. The van der Waals surface area contributed by atoms with Crippen molar-refractivity contribution in [2.75, 3.05) is 47.5 Å². The van der Waals surface area contributed by atoms with Gasteiger partial charge in [-0.3, -0.25) is 9.59 Å². The Kier molecular flexibility index (Phi) is 74.8. The van der Waals surface area contributed by atoms with E-state index in [4.69, 9.17) is 18.9 Å². The SMILES string of the molecule is CC/C=C\C/C=C\C/C=C\C/C=C\C/C=C\C/C=C\CCCCCCCCCCCCCCC(=O)OC(COC(=O)CCCCCCCCCCCCCCCCCCCCCCCCCCCCCCCCCCCCCCCCCC)COC(OCC[N+](C)(C)C)C(=O)O. The number of aliphatic carboxylic acids is 1. The summed E-state index contributed by atoms with van der Waals surface area (Å²) in [6.07, 6.45) is 102. The summed E-state index contributed by atoms with van der Waals surface area (Å²) in [4.78, 5) is 37.8. The van der Waals surface area contributed by atoms with Gasteiger partial charge in [-0.25, -0.2) is 4.79 Å². The Balaban J connectivity index is 3.95. The number of hydrogen-bond donors (Lipinski definition) is 1. The Morgan fingerprint density at radius 1 is 0.323 bits per heavy atom. The van der Waals surface area contributed by atoms with Gasteiger partial charge in [-0.15, -0.1) is 0 Å². The number of carboxylic acids is 1. The number of carbonyl (C=O) groups is 3. The maximum atomic E-state index is 13.0. The topological polar surface area (TPSA) is 108 Å². The zero-order chi connectivity index (χ0) is 69.7. The molecule has 0 saturated heterocycles. The second-order valence-corrected chi connectivity index (χ2v) is 29.4. The highest BCUT2D eigenvalue weighted by molar-refractivity contribution is 5.71. The molecular formula is C87H160NO8+. The van der Waals surface area contributed by atoms with E-state index in [1.807, 2.05) is 21.1 Å². The molecule has 1 N–H and O–H groups in total. The van der Waals surface area contributed by atoms with Gasteiger partial charge < -0.3 is 28.5 Å². The Hall–Kier alpha value is -3.27. The third kappa shape index (κ3) is 78.1. The van der Waals surface area contributed by atoms with E-state index in [1.54, 1.807) is 0 Å². The average molecular weight is 1350 g/mol. The van der Waals surface area contributed by atoms with Crippen molar-refractivity contribution in [3.63, 3.8) is 0 Å². The van der Waals surface area contributed by atoms with Gasteiger partial charge in [0.2, 0.25) is 0 Å². The van der Waals surface area contributed by atoms with Crippen LogP contribution in [0.4, 0.5) is 0 Å². The lowest BCUT2D eigenvalue weighted by atomic mass is 10.0. The summed E-state index contributed by atoms with van der Waals surface area (Å²) in [6, 6.07) is 0. The molecule has 9 heteroatoms. The molecule has 0 aromatic heterocycles. The minimum Gasteiger partial charge on any atom is -0.477 e. The lowest BCUT2D eigenvalue weighted by Crippen LogP contribution is -2.40. The first-order valence-electron chi connectivity index (χ1n) is 41.6. The van der Waals surface area contributed by atoms with Crippen LogP contribution in [0.25, 0.3) is 0 Å². The number of hydrogen-bond acceptors (Lipinski definition) is 7. The number of quaternary nitrogens is 1. The Morgan fingerprint density at radius 3 is 0.885 bits per heavy atom. The van der Waals surface area contributed by atoms with Crippen LogP contribution < -0.4 is 0 Å². The van der Waals surface area contributed by atoms with Crippen molar-refractivity contribution in [1.29, 1.82) is 0 Å². The molecule has 560 valence electrons. The fourth-order valence-electron chi connectivity index (χ4n) is 12.4. The summed E-state index contributed by atoms with van der Waals surface area (Å²) in [5.41, 5.74) is 0. The van der Waals surface area contributed by atoms with E-state index in [0.717, 1.165) is 83.5 Å². The predicted octanol–water partition coefficient (Wildman–Crippen LogP) is 26.8. The van der Waals surface area contributed by atoms with E-state index in [-0.39, 0.29) is 32.2 Å². The molecule has 0 amide bonds. The molecule has 0 bridgehead atoms. The van der Waals surface area contributed by atoms with Crippen molar-refractivity contribution in [3.05, 3.63) is 72.9 Å². The number of rotatable bonds is 78. The van der Waals surface area contributed by atoms with E-state index >= 15 is 0 Å². The Morgan fingerprint density at radius 2 is 0.594 bits per heavy atom. The lowest BCUT2D eigenvalue weighted by molar-refractivity contribution is -0.870. The Bertz CT molecular complexity index is 1810. The number of allylic oxidation sites excluding steroid dienone is 12. The van der Waals surface area contributed by atoms with E-state index in [0.29, 0.717) is 17.4 Å². The fraction of sp³-hybridized carbons (Fsp3) is 0.828. The molecule has 0 aliphatic rings. The van der Waals surface area contributed by atoms with Crippen molar-refractivity contribution in [2.24, 2.45) is 0 Å². The molecule has 0 radical (unpaired) electrons. The predicted molar refractivity (Wildman–Crippen MR) is 415 cm³/mol. The number of unbranched alkanes of at least 4 members (excludes halogenated alkanes) is 51.